The van der Waals surface area contributed by atoms with Crippen molar-refractivity contribution >= 4 is 11.5 Å². The number of nitrogens with zero attached hydrogens (tertiary/aromatic N) is 1. The molecule has 2 saturated carbocycles. The van der Waals surface area contributed by atoms with Crippen LogP contribution in [0.5, 0.6) is 0 Å². The van der Waals surface area contributed by atoms with Crippen LogP contribution in [0.2, 0.25) is 0 Å². The molecule has 0 bridgehead atoms. The van der Waals surface area contributed by atoms with Gasteiger partial charge in [0.05, 0.1) is 5.52 Å². The quantitative estimate of drug-likeness (QED) is 0.716. The lowest BCUT2D eigenvalue weighted by Gasteiger charge is -2.38. The number of nitrogens with one attached hydrogen (secondary N) is 1. The first-order valence-corrected chi connectivity index (χ1v) is 10.9. The van der Waals surface area contributed by atoms with E-state index >= 15 is 4.39 Å². The van der Waals surface area contributed by atoms with Crippen LogP contribution in [0, 0.1) is 24.1 Å². The fourth-order valence-corrected chi connectivity index (χ4v) is 6.15. The minimum Gasteiger partial charge on any atom is -0.477 e. The molecule has 2 aromatic rings. The average Bonchev–Trinajstić information content (AvgIpc) is 3.60. The Morgan fingerprint density at radius 3 is 2.80 bits per heavy atom. The van der Waals surface area contributed by atoms with E-state index in [1.165, 1.54) is 16.7 Å². The number of hydrogen-bond donors (Lipinski definition) is 3. The minimum atomic E-state index is -1.27. The Kier molecular flexibility index (Phi) is 4.35. The Bertz CT molecular complexity index is 1120. The SMILES string of the molecule is CC[C@@H]1C(N)CNCC12CC2c1c(F)cn2c(=O)c(C(=O)O)cc(C3CC3)c2c1C. The number of pyridine rings is 2. The largest absolute Gasteiger partial charge is 0.477 e. The molecule has 30 heavy (non-hydrogen) atoms. The zero-order valence-corrected chi connectivity index (χ0v) is 17.4. The van der Waals surface area contributed by atoms with Crippen LogP contribution < -0.4 is 16.6 Å². The summed E-state index contributed by atoms with van der Waals surface area (Å²) in [6.07, 6.45) is 4.98. The van der Waals surface area contributed by atoms with E-state index in [0.29, 0.717) is 17.0 Å². The van der Waals surface area contributed by atoms with Crippen molar-refractivity contribution in [3.63, 3.8) is 0 Å². The fraction of sp³-hybridized carbons (Fsp3) is 0.565. The van der Waals surface area contributed by atoms with Gasteiger partial charge in [-0.1, -0.05) is 13.3 Å². The maximum atomic E-state index is 15.4. The van der Waals surface area contributed by atoms with Gasteiger partial charge in [0, 0.05) is 25.3 Å². The van der Waals surface area contributed by atoms with Crippen LogP contribution in [-0.4, -0.2) is 34.6 Å². The summed E-state index contributed by atoms with van der Waals surface area (Å²) in [7, 11) is 0. The van der Waals surface area contributed by atoms with Crippen LogP contribution in [0.25, 0.3) is 5.52 Å². The molecule has 2 aliphatic carbocycles. The fourth-order valence-electron chi connectivity index (χ4n) is 6.15. The molecule has 3 heterocycles. The lowest BCUT2D eigenvalue weighted by atomic mass is 9.75. The molecule has 3 unspecified atom stereocenters. The van der Waals surface area contributed by atoms with Crippen molar-refractivity contribution in [1.29, 1.82) is 0 Å². The van der Waals surface area contributed by atoms with Crippen LogP contribution in [0.3, 0.4) is 0 Å². The first-order valence-electron chi connectivity index (χ1n) is 10.9. The molecule has 0 aromatic carbocycles. The first kappa shape index (κ1) is 19.7. The number of carboxylic acids is 1. The molecule has 5 rings (SSSR count). The van der Waals surface area contributed by atoms with Crippen molar-refractivity contribution in [1.82, 2.24) is 9.72 Å². The highest BCUT2D eigenvalue weighted by Crippen LogP contribution is 2.66. The van der Waals surface area contributed by atoms with Gasteiger partial charge in [-0.25, -0.2) is 9.18 Å². The summed E-state index contributed by atoms with van der Waals surface area (Å²) >= 11 is 0. The maximum Gasteiger partial charge on any atom is 0.341 e. The molecule has 4 N–H and O–H groups in total. The molecule has 1 spiro atoms. The van der Waals surface area contributed by atoms with Crippen LogP contribution in [0.1, 0.15) is 71.5 Å². The molecular formula is C23H28FN3O3. The number of halogens is 1. The Labute approximate surface area is 174 Å². The summed E-state index contributed by atoms with van der Waals surface area (Å²) < 4.78 is 16.7. The molecule has 1 aliphatic heterocycles. The Hall–Kier alpha value is -2.25. The van der Waals surface area contributed by atoms with E-state index in [1.807, 2.05) is 6.92 Å². The number of carbonyl (C=O) groups is 1. The molecule has 1 saturated heterocycles. The smallest absolute Gasteiger partial charge is 0.341 e. The highest BCUT2D eigenvalue weighted by atomic mass is 19.1. The maximum absolute atomic E-state index is 15.4. The summed E-state index contributed by atoms with van der Waals surface area (Å²) in [5.41, 5.74) is 8.36. The molecule has 4 atom stereocenters. The molecular weight excluding hydrogens is 385 g/mol. The van der Waals surface area contributed by atoms with Gasteiger partial charge in [0.1, 0.15) is 11.4 Å². The van der Waals surface area contributed by atoms with E-state index in [0.717, 1.165) is 49.9 Å². The molecule has 3 fully saturated rings. The van der Waals surface area contributed by atoms with Crippen LogP contribution in [0.15, 0.2) is 17.1 Å². The topological polar surface area (TPSA) is 96.8 Å². The number of fused-ring (bicyclic) bond motifs is 1. The molecule has 2 aromatic heterocycles. The molecule has 6 nitrogen and oxygen atoms in total. The predicted molar refractivity (Wildman–Crippen MR) is 112 cm³/mol. The Morgan fingerprint density at radius 2 is 2.17 bits per heavy atom. The molecule has 160 valence electrons. The van der Waals surface area contributed by atoms with Crippen molar-refractivity contribution in [2.24, 2.45) is 17.1 Å². The third-order valence-electron chi connectivity index (χ3n) is 7.77. The monoisotopic (exact) mass is 413 g/mol. The standard InChI is InChI=1S/C23H28FN3O3/c1-3-15-18(25)8-26-10-23(15)7-16(23)19-11(2)20-13(12-4-5-12)6-14(22(29)30)21(28)27(20)9-17(19)24/h6,9,12,15-16,18,26H,3-5,7-8,10,25H2,1-2H3,(H,29,30)/t15-,16?,18?,23?/m1/s1. The van der Waals surface area contributed by atoms with Crippen LogP contribution in [-0.2, 0) is 0 Å². The number of nitrogens with two attached hydrogens (primary N) is 1. The van der Waals surface area contributed by atoms with E-state index < -0.39 is 17.3 Å². The zero-order chi connectivity index (χ0) is 21.4. The highest BCUT2D eigenvalue weighted by Gasteiger charge is 2.62. The first-order chi connectivity index (χ1) is 14.3. The second kappa shape index (κ2) is 6.62. The third kappa shape index (κ3) is 2.68. The van der Waals surface area contributed by atoms with Crippen LogP contribution in [0.4, 0.5) is 4.39 Å². The van der Waals surface area contributed by atoms with Gasteiger partial charge in [-0.15, -0.1) is 0 Å². The second-order valence-electron chi connectivity index (χ2n) is 9.43. The van der Waals surface area contributed by atoms with E-state index in [1.54, 1.807) is 0 Å². The van der Waals surface area contributed by atoms with Crippen molar-refractivity contribution in [2.75, 3.05) is 13.1 Å². The number of aromatic carboxylic acids is 1. The second-order valence-corrected chi connectivity index (χ2v) is 9.43. The summed E-state index contributed by atoms with van der Waals surface area (Å²) in [6.45, 7) is 5.64. The normalized spacial score (nSPS) is 30.7. The zero-order valence-electron chi connectivity index (χ0n) is 17.4. The van der Waals surface area contributed by atoms with Gasteiger partial charge >= 0.3 is 5.97 Å². The summed E-state index contributed by atoms with van der Waals surface area (Å²) in [5, 5.41) is 12.9. The number of aryl methyl sites for hydroxylation is 1. The predicted octanol–water partition coefficient (Wildman–Crippen LogP) is 2.75. The van der Waals surface area contributed by atoms with E-state index in [2.05, 4.69) is 12.2 Å². The van der Waals surface area contributed by atoms with Crippen LogP contribution >= 0.6 is 0 Å². The number of rotatable bonds is 4. The molecule has 7 heteroatoms. The summed E-state index contributed by atoms with van der Waals surface area (Å²) in [5.74, 6) is -1.07. The molecule has 3 aliphatic rings. The molecule has 0 radical (unpaired) electrons. The minimum absolute atomic E-state index is 0.0442. The number of piperidine rings is 1. The number of aromatic nitrogens is 1. The van der Waals surface area contributed by atoms with Gasteiger partial charge in [-0.2, -0.15) is 0 Å². The Morgan fingerprint density at radius 1 is 1.43 bits per heavy atom. The van der Waals surface area contributed by atoms with Crippen molar-refractivity contribution < 1.29 is 14.3 Å². The van der Waals surface area contributed by atoms with E-state index in [-0.39, 0.29) is 28.9 Å². The van der Waals surface area contributed by atoms with Crippen molar-refractivity contribution in [3.8, 4) is 0 Å². The highest BCUT2D eigenvalue weighted by molar-refractivity contribution is 5.88. The van der Waals surface area contributed by atoms with Gasteiger partial charge < -0.3 is 16.2 Å². The summed E-state index contributed by atoms with van der Waals surface area (Å²) in [4.78, 5) is 24.4. The average molecular weight is 413 g/mol. The third-order valence-corrected chi connectivity index (χ3v) is 7.77. The Balaban J connectivity index is 1.70. The van der Waals surface area contributed by atoms with Gasteiger partial charge in [0.15, 0.2) is 0 Å². The van der Waals surface area contributed by atoms with Gasteiger partial charge in [-0.05, 0) is 72.1 Å². The lowest BCUT2D eigenvalue weighted by molar-refractivity contribution is 0.0694. The number of hydrogen-bond acceptors (Lipinski definition) is 4. The summed E-state index contributed by atoms with van der Waals surface area (Å²) in [6, 6.07) is 1.57. The van der Waals surface area contributed by atoms with E-state index in [4.69, 9.17) is 5.73 Å². The van der Waals surface area contributed by atoms with Gasteiger partial charge in [-0.3, -0.25) is 9.20 Å². The van der Waals surface area contributed by atoms with Crippen molar-refractivity contribution in [2.45, 2.75) is 57.4 Å². The lowest BCUT2D eigenvalue weighted by Crippen LogP contribution is -2.52. The van der Waals surface area contributed by atoms with E-state index in [9.17, 15) is 14.7 Å². The molecule has 0 amide bonds. The van der Waals surface area contributed by atoms with Gasteiger partial charge in [0.2, 0.25) is 0 Å². The van der Waals surface area contributed by atoms with Gasteiger partial charge in [0.25, 0.3) is 5.56 Å². The number of carboxylic acid groups (broad SMARTS) is 1. The van der Waals surface area contributed by atoms with Crippen molar-refractivity contribution in [3.05, 3.63) is 50.7 Å².